The normalized spacial score (nSPS) is 13.5. The van der Waals surface area contributed by atoms with Crippen molar-refractivity contribution in [2.75, 3.05) is 0 Å². The smallest absolute Gasteiger partial charge is 0.137 e. The molecule has 0 saturated heterocycles. The van der Waals surface area contributed by atoms with Crippen molar-refractivity contribution in [2.45, 2.75) is 12.8 Å². The van der Waals surface area contributed by atoms with Crippen LogP contribution < -0.4 is 0 Å². The van der Waals surface area contributed by atoms with Crippen molar-refractivity contribution in [3.8, 4) is 5.69 Å². The van der Waals surface area contributed by atoms with Crippen LogP contribution in [0.2, 0.25) is 5.02 Å². The van der Waals surface area contributed by atoms with E-state index < -0.39 is 0 Å². The third-order valence-corrected chi connectivity index (χ3v) is 2.85. The summed E-state index contributed by atoms with van der Waals surface area (Å²) in [7, 11) is 0. The van der Waals surface area contributed by atoms with Crippen LogP contribution in [-0.4, -0.2) is 14.8 Å². The van der Waals surface area contributed by atoms with E-state index in [1.807, 2.05) is 16.7 Å². The predicted molar refractivity (Wildman–Crippen MR) is 53.8 cm³/mol. The average molecular weight is 206 g/mol. The number of aryl methyl sites for hydroxylation is 2. The van der Waals surface area contributed by atoms with Gasteiger partial charge in [-0.15, -0.1) is 10.2 Å². The first-order chi connectivity index (χ1) is 6.86. The summed E-state index contributed by atoms with van der Waals surface area (Å²) in [5.74, 6) is 0.991. The Morgan fingerprint density at radius 3 is 3.14 bits per heavy atom. The summed E-state index contributed by atoms with van der Waals surface area (Å²) in [6, 6.07) is 5.98. The van der Waals surface area contributed by atoms with Gasteiger partial charge in [0, 0.05) is 6.42 Å². The number of hydrogen-bond donors (Lipinski definition) is 0. The molecule has 0 amide bonds. The molecule has 0 radical (unpaired) electrons. The highest BCUT2D eigenvalue weighted by atomic mass is 35.5. The van der Waals surface area contributed by atoms with Crippen molar-refractivity contribution in [1.82, 2.24) is 14.8 Å². The van der Waals surface area contributed by atoms with E-state index in [-0.39, 0.29) is 0 Å². The van der Waals surface area contributed by atoms with Crippen molar-refractivity contribution in [1.29, 1.82) is 0 Å². The van der Waals surface area contributed by atoms with Gasteiger partial charge in [0.25, 0.3) is 0 Å². The van der Waals surface area contributed by atoms with Crippen LogP contribution >= 0.6 is 11.6 Å². The zero-order chi connectivity index (χ0) is 9.54. The van der Waals surface area contributed by atoms with Crippen LogP contribution in [0.25, 0.3) is 5.69 Å². The molecule has 4 heteroatoms. The van der Waals surface area contributed by atoms with E-state index in [1.165, 1.54) is 5.56 Å². The van der Waals surface area contributed by atoms with E-state index in [4.69, 9.17) is 11.6 Å². The molecule has 14 heavy (non-hydrogen) atoms. The van der Waals surface area contributed by atoms with Crippen LogP contribution in [-0.2, 0) is 12.8 Å². The highest BCUT2D eigenvalue weighted by molar-refractivity contribution is 6.32. The highest BCUT2D eigenvalue weighted by Gasteiger charge is 2.18. The molecule has 0 unspecified atom stereocenters. The summed E-state index contributed by atoms with van der Waals surface area (Å²) in [6.07, 6.45) is 3.65. The predicted octanol–water partition coefficient (Wildman–Crippen LogP) is 2.02. The quantitative estimate of drug-likeness (QED) is 0.659. The number of para-hydroxylation sites is 1. The largest absolute Gasteiger partial charge is 0.284 e. The van der Waals surface area contributed by atoms with E-state index in [1.54, 1.807) is 6.33 Å². The van der Waals surface area contributed by atoms with Gasteiger partial charge in [0.15, 0.2) is 0 Å². The van der Waals surface area contributed by atoms with E-state index in [0.29, 0.717) is 0 Å². The molecule has 0 spiro atoms. The lowest BCUT2D eigenvalue weighted by Crippen LogP contribution is -2.12. The Balaban J connectivity index is 2.34. The van der Waals surface area contributed by atoms with Gasteiger partial charge in [-0.05, 0) is 18.1 Å². The maximum atomic E-state index is 6.15. The van der Waals surface area contributed by atoms with Crippen LogP contribution in [0.15, 0.2) is 24.5 Å². The lowest BCUT2D eigenvalue weighted by atomic mass is 10.0. The molecule has 3 rings (SSSR count). The maximum absolute atomic E-state index is 6.15. The first-order valence-electron chi connectivity index (χ1n) is 4.53. The first kappa shape index (κ1) is 8.00. The minimum Gasteiger partial charge on any atom is -0.284 e. The van der Waals surface area contributed by atoms with Gasteiger partial charge in [-0.25, -0.2) is 0 Å². The third-order valence-electron chi connectivity index (χ3n) is 2.55. The van der Waals surface area contributed by atoms with Gasteiger partial charge in [0.1, 0.15) is 12.2 Å². The number of halogens is 1. The fourth-order valence-corrected chi connectivity index (χ4v) is 2.18. The summed E-state index contributed by atoms with van der Waals surface area (Å²) in [5, 5.41) is 8.72. The molecule has 0 N–H and O–H groups in total. The van der Waals surface area contributed by atoms with Crippen molar-refractivity contribution < 1.29 is 0 Å². The molecule has 1 aliphatic rings. The fraction of sp³-hybridized carbons (Fsp3) is 0.200. The number of aromatic nitrogens is 3. The number of benzene rings is 1. The molecule has 1 aliphatic heterocycles. The van der Waals surface area contributed by atoms with Gasteiger partial charge in [0.05, 0.1) is 10.7 Å². The molecule has 1 aromatic carbocycles. The molecule has 0 atom stereocenters. The van der Waals surface area contributed by atoms with Gasteiger partial charge < -0.3 is 0 Å². The van der Waals surface area contributed by atoms with Crippen LogP contribution in [0, 0.1) is 0 Å². The second-order valence-electron chi connectivity index (χ2n) is 3.36. The first-order valence-corrected chi connectivity index (χ1v) is 4.91. The highest BCUT2D eigenvalue weighted by Crippen LogP contribution is 2.29. The summed E-state index contributed by atoms with van der Waals surface area (Å²) < 4.78 is 1.97. The van der Waals surface area contributed by atoms with Gasteiger partial charge in [-0.1, -0.05) is 23.7 Å². The minimum absolute atomic E-state index is 0.767. The van der Waals surface area contributed by atoms with Crippen LogP contribution in [0.5, 0.6) is 0 Å². The van der Waals surface area contributed by atoms with E-state index >= 15 is 0 Å². The Bertz CT molecular complexity index is 490. The van der Waals surface area contributed by atoms with Gasteiger partial charge >= 0.3 is 0 Å². The zero-order valence-electron chi connectivity index (χ0n) is 7.44. The molecule has 2 heterocycles. The number of fused-ring (bicyclic) bond motifs is 3. The van der Waals surface area contributed by atoms with E-state index in [9.17, 15) is 0 Å². The van der Waals surface area contributed by atoms with Crippen molar-refractivity contribution in [3.63, 3.8) is 0 Å². The second kappa shape index (κ2) is 2.82. The lowest BCUT2D eigenvalue weighted by Gasteiger charge is -2.18. The molecule has 2 aromatic rings. The Labute approximate surface area is 86.3 Å². The van der Waals surface area contributed by atoms with Crippen molar-refractivity contribution in [2.24, 2.45) is 0 Å². The molecule has 0 fully saturated rings. The fourth-order valence-electron chi connectivity index (χ4n) is 1.89. The summed E-state index contributed by atoms with van der Waals surface area (Å²) in [5.41, 5.74) is 2.31. The topological polar surface area (TPSA) is 30.7 Å². The summed E-state index contributed by atoms with van der Waals surface area (Å²) in [4.78, 5) is 0. The molecule has 0 bridgehead atoms. The van der Waals surface area contributed by atoms with Crippen LogP contribution in [0.1, 0.15) is 11.4 Å². The monoisotopic (exact) mass is 205 g/mol. The maximum Gasteiger partial charge on any atom is 0.137 e. The van der Waals surface area contributed by atoms with Gasteiger partial charge in [-0.3, -0.25) is 4.57 Å². The summed E-state index contributed by atoms with van der Waals surface area (Å²) >= 11 is 6.15. The zero-order valence-corrected chi connectivity index (χ0v) is 8.20. The minimum atomic E-state index is 0.767. The standard InChI is InChI=1S/C10H8ClN3/c11-8-3-1-2-7-4-5-9-13-12-6-14(9)10(7)8/h1-3,6H,4-5H2. The summed E-state index contributed by atoms with van der Waals surface area (Å²) in [6.45, 7) is 0. The van der Waals surface area contributed by atoms with Gasteiger partial charge in [-0.2, -0.15) is 0 Å². The Hall–Kier alpha value is -1.35. The van der Waals surface area contributed by atoms with Crippen LogP contribution in [0.3, 0.4) is 0 Å². The molecule has 3 nitrogen and oxygen atoms in total. The number of rotatable bonds is 0. The van der Waals surface area contributed by atoms with E-state index in [2.05, 4.69) is 16.3 Å². The molecular weight excluding hydrogens is 198 g/mol. The van der Waals surface area contributed by atoms with Crippen molar-refractivity contribution >= 4 is 11.6 Å². The van der Waals surface area contributed by atoms with E-state index in [0.717, 1.165) is 29.4 Å². The Morgan fingerprint density at radius 2 is 2.21 bits per heavy atom. The van der Waals surface area contributed by atoms with Crippen molar-refractivity contribution in [3.05, 3.63) is 40.9 Å². The molecule has 1 aromatic heterocycles. The third kappa shape index (κ3) is 0.990. The number of hydrogen-bond acceptors (Lipinski definition) is 2. The molecule has 70 valence electrons. The Kier molecular flexibility index (Phi) is 1.61. The SMILES string of the molecule is Clc1cccc2c1-n1cnnc1CC2. The molecular formula is C10H8ClN3. The Morgan fingerprint density at radius 1 is 1.29 bits per heavy atom. The lowest BCUT2D eigenvalue weighted by molar-refractivity contribution is 0.774. The van der Waals surface area contributed by atoms with Gasteiger partial charge in [0.2, 0.25) is 0 Å². The average Bonchev–Trinajstić information content (AvgIpc) is 2.65. The number of nitrogens with zero attached hydrogens (tertiary/aromatic N) is 3. The molecule has 0 saturated carbocycles. The molecule has 0 aliphatic carbocycles. The van der Waals surface area contributed by atoms with Crippen LogP contribution in [0.4, 0.5) is 0 Å². The second-order valence-corrected chi connectivity index (χ2v) is 3.77.